The van der Waals surface area contributed by atoms with Crippen LogP contribution in [0, 0.1) is 0 Å². The summed E-state index contributed by atoms with van der Waals surface area (Å²) in [4.78, 5) is 25.8. The van der Waals surface area contributed by atoms with Crippen LogP contribution in [-0.2, 0) is 23.2 Å². The van der Waals surface area contributed by atoms with Gasteiger partial charge in [0.15, 0.2) is 0 Å². The number of hydrogen-bond donors (Lipinski definition) is 0. The van der Waals surface area contributed by atoms with E-state index in [4.69, 9.17) is 0 Å². The Kier molecular flexibility index (Phi) is 3.10. The molecule has 1 aliphatic heterocycles. The minimum Gasteiger partial charge on any atom is -0.278 e. The van der Waals surface area contributed by atoms with Crippen molar-refractivity contribution in [2.75, 3.05) is 0 Å². The number of amides is 2. The highest BCUT2D eigenvalue weighted by molar-refractivity contribution is 6.06. The maximum atomic E-state index is 12.4. The number of likely N-dealkylation sites (tertiary alicyclic amines) is 1. The van der Waals surface area contributed by atoms with E-state index >= 15 is 0 Å². The number of carbonyl (C=O) groups is 2. The summed E-state index contributed by atoms with van der Waals surface area (Å²) in [5.74, 6) is -0.639. The van der Waals surface area contributed by atoms with Gasteiger partial charge in [0.25, 0.3) is 0 Å². The summed E-state index contributed by atoms with van der Waals surface area (Å²) in [5.41, 5.74) is 1.77. The van der Waals surface area contributed by atoms with Crippen LogP contribution < -0.4 is 0 Å². The van der Waals surface area contributed by atoms with Crippen LogP contribution in [0.2, 0.25) is 0 Å². The van der Waals surface area contributed by atoms with E-state index in [0.29, 0.717) is 6.54 Å². The second-order valence-corrected chi connectivity index (χ2v) is 5.01. The van der Waals surface area contributed by atoms with Gasteiger partial charge in [-0.2, -0.15) is 5.10 Å². The fourth-order valence-corrected chi connectivity index (χ4v) is 2.50. The predicted molar refractivity (Wildman–Crippen MR) is 72.6 cm³/mol. The number of hydrogen-bond acceptors (Lipinski definition) is 3. The molecule has 1 aromatic carbocycles. The van der Waals surface area contributed by atoms with E-state index in [2.05, 4.69) is 5.10 Å². The van der Waals surface area contributed by atoms with Crippen LogP contribution in [0.1, 0.15) is 23.5 Å². The molecule has 1 unspecified atom stereocenters. The number of nitrogens with zero attached hydrogens (tertiary/aromatic N) is 3. The molecule has 1 aromatic heterocycles. The zero-order chi connectivity index (χ0) is 14.1. The summed E-state index contributed by atoms with van der Waals surface area (Å²) in [6.07, 6.45) is 3.68. The van der Waals surface area contributed by atoms with Crippen molar-refractivity contribution in [3.63, 3.8) is 0 Å². The highest BCUT2D eigenvalue weighted by Gasteiger charge is 2.39. The molecule has 0 aliphatic carbocycles. The standard InChI is InChI=1S/C15H15N3O2/c1-17-10-12(8-16-17)13-7-14(19)18(15(13)20)9-11-5-3-2-4-6-11/h2-6,8,10,13H,7,9H2,1H3. The Balaban J connectivity index is 1.80. The van der Waals surface area contributed by atoms with Gasteiger partial charge >= 0.3 is 0 Å². The maximum Gasteiger partial charge on any atom is 0.237 e. The first-order valence-corrected chi connectivity index (χ1v) is 6.52. The molecule has 2 heterocycles. The molecular formula is C15H15N3O2. The molecular weight excluding hydrogens is 254 g/mol. The Hall–Kier alpha value is -2.43. The predicted octanol–water partition coefficient (Wildman–Crippen LogP) is 1.46. The Morgan fingerprint density at radius 1 is 1.25 bits per heavy atom. The van der Waals surface area contributed by atoms with Crippen molar-refractivity contribution in [2.45, 2.75) is 18.9 Å². The average Bonchev–Trinajstić information content (AvgIpc) is 2.98. The molecule has 0 spiro atoms. The molecule has 1 atom stereocenters. The van der Waals surface area contributed by atoms with E-state index in [1.807, 2.05) is 30.3 Å². The minimum absolute atomic E-state index is 0.118. The SMILES string of the molecule is Cn1cc(C2CC(=O)N(Cc3ccccc3)C2=O)cn1. The van der Waals surface area contributed by atoms with Crippen LogP contribution in [0.5, 0.6) is 0 Å². The molecule has 0 saturated carbocycles. The second kappa shape index (κ2) is 4.92. The Morgan fingerprint density at radius 3 is 2.65 bits per heavy atom. The highest BCUT2D eigenvalue weighted by atomic mass is 16.2. The molecule has 1 aliphatic rings. The molecule has 0 radical (unpaired) electrons. The van der Waals surface area contributed by atoms with Crippen molar-refractivity contribution in [3.8, 4) is 0 Å². The normalized spacial score (nSPS) is 18.9. The van der Waals surface area contributed by atoms with E-state index in [1.54, 1.807) is 24.1 Å². The Bertz CT molecular complexity index is 648. The molecule has 20 heavy (non-hydrogen) atoms. The number of aryl methyl sites for hydroxylation is 1. The van der Waals surface area contributed by atoms with Crippen molar-refractivity contribution >= 4 is 11.8 Å². The third-order valence-electron chi connectivity index (χ3n) is 3.55. The van der Waals surface area contributed by atoms with E-state index in [-0.39, 0.29) is 24.2 Å². The lowest BCUT2D eigenvalue weighted by Crippen LogP contribution is -2.29. The lowest BCUT2D eigenvalue weighted by atomic mass is 10.0. The number of aromatic nitrogens is 2. The van der Waals surface area contributed by atoms with E-state index in [9.17, 15) is 9.59 Å². The molecule has 2 amide bonds. The fraction of sp³-hybridized carbons (Fsp3) is 0.267. The maximum absolute atomic E-state index is 12.4. The van der Waals surface area contributed by atoms with E-state index in [0.717, 1.165) is 11.1 Å². The van der Waals surface area contributed by atoms with E-state index in [1.165, 1.54) is 4.90 Å². The zero-order valence-electron chi connectivity index (χ0n) is 11.2. The second-order valence-electron chi connectivity index (χ2n) is 5.01. The van der Waals surface area contributed by atoms with Gasteiger partial charge in [-0.25, -0.2) is 0 Å². The first-order valence-electron chi connectivity index (χ1n) is 6.52. The van der Waals surface area contributed by atoms with Crippen molar-refractivity contribution < 1.29 is 9.59 Å². The number of rotatable bonds is 3. The van der Waals surface area contributed by atoms with Crippen LogP contribution in [0.4, 0.5) is 0 Å². The number of benzene rings is 1. The molecule has 2 aromatic rings. The van der Waals surface area contributed by atoms with Gasteiger partial charge in [-0.3, -0.25) is 19.2 Å². The molecule has 3 rings (SSSR count). The summed E-state index contributed by atoms with van der Waals surface area (Å²) in [6, 6.07) is 9.55. The van der Waals surface area contributed by atoms with Gasteiger partial charge in [0.2, 0.25) is 11.8 Å². The first kappa shape index (κ1) is 12.6. The number of imide groups is 1. The first-order chi connectivity index (χ1) is 9.65. The molecule has 5 heteroatoms. The van der Waals surface area contributed by atoms with Crippen LogP contribution in [0.3, 0.4) is 0 Å². The molecule has 102 valence electrons. The summed E-state index contributed by atoms with van der Waals surface area (Å²) >= 11 is 0. The van der Waals surface area contributed by atoms with Crippen molar-refractivity contribution in [1.82, 2.24) is 14.7 Å². The summed E-state index contributed by atoms with van der Waals surface area (Å²) in [6.45, 7) is 0.343. The van der Waals surface area contributed by atoms with Gasteiger partial charge < -0.3 is 0 Å². The van der Waals surface area contributed by atoms with Crippen molar-refractivity contribution in [2.24, 2.45) is 7.05 Å². The molecule has 0 bridgehead atoms. The fourth-order valence-electron chi connectivity index (χ4n) is 2.50. The highest BCUT2D eigenvalue weighted by Crippen LogP contribution is 2.30. The third kappa shape index (κ3) is 2.22. The molecule has 1 saturated heterocycles. The van der Waals surface area contributed by atoms with Gasteiger partial charge in [-0.05, 0) is 5.56 Å². The lowest BCUT2D eigenvalue weighted by molar-refractivity contribution is -0.139. The van der Waals surface area contributed by atoms with Gasteiger partial charge in [-0.1, -0.05) is 30.3 Å². The summed E-state index contributed by atoms with van der Waals surface area (Å²) < 4.78 is 1.65. The van der Waals surface area contributed by atoms with Crippen LogP contribution in [0.25, 0.3) is 0 Å². The van der Waals surface area contributed by atoms with E-state index < -0.39 is 0 Å². The largest absolute Gasteiger partial charge is 0.278 e. The van der Waals surface area contributed by atoms with Crippen LogP contribution in [-0.4, -0.2) is 26.5 Å². The Morgan fingerprint density at radius 2 is 2.00 bits per heavy atom. The quantitative estimate of drug-likeness (QED) is 0.793. The smallest absolute Gasteiger partial charge is 0.237 e. The molecule has 1 fully saturated rings. The monoisotopic (exact) mass is 269 g/mol. The summed E-state index contributed by atoms with van der Waals surface area (Å²) in [5, 5.41) is 4.06. The van der Waals surface area contributed by atoms with Gasteiger partial charge in [-0.15, -0.1) is 0 Å². The lowest BCUT2D eigenvalue weighted by Gasteiger charge is -2.14. The topological polar surface area (TPSA) is 55.2 Å². The average molecular weight is 269 g/mol. The Labute approximate surface area is 116 Å². The van der Waals surface area contributed by atoms with Crippen molar-refractivity contribution in [3.05, 3.63) is 53.9 Å². The van der Waals surface area contributed by atoms with Gasteiger partial charge in [0, 0.05) is 25.2 Å². The van der Waals surface area contributed by atoms with Gasteiger partial charge in [0.05, 0.1) is 18.7 Å². The van der Waals surface area contributed by atoms with Crippen LogP contribution in [0.15, 0.2) is 42.7 Å². The zero-order valence-corrected chi connectivity index (χ0v) is 11.2. The molecule has 5 nitrogen and oxygen atoms in total. The van der Waals surface area contributed by atoms with Crippen LogP contribution >= 0.6 is 0 Å². The molecule has 0 N–H and O–H groups in total. The minimum atomic E-state index is -0.389. The van der Waals surface area contributed by atoms with Crippen molar-refractivity contribution in [1.29, 1.82) is 0 Å². The van der Waals surface area contributed by atoms with Gasteiger partial charge in [0.1, 0.15) is 0 Å². The summed E-state index contributed by atoms with van der Waals surface area (Å²) in [7, 11) is 1.80. The third-order valence-corrected chi connectivity index (χ3v) is 3.55. The number of carbonyl (C=O) groups excluding carboxylic acids is 2.